The van der Waals surface area contributed by atoms with Crippen LogP contribution in [0, 0.1) is 0 Å². The molecule has 1 aliphatic carbocycles. The molecule has 0 heterocycles. The fraction of sp³-hybridized carbons (Fsp3) is 0.588. The van der Waals surface area contributed by atoms with Crippen molar-refractivity contribution >= 4 is 29.1 Å². The zero-order chi connectivity index (χ0) is 15.2. The minimum atomic E-state index is 0. The fourth-order valence-corrected chi connectivity index (χ4v) is 3.41. The fourth-order valence-electron chi connectivity index (χ4n) is 3.41. The zero-order valence-corrected chi connectivity index (χ0v) is 15.2. The van der Waals surface area contributed by atoms with Gasteiger partial charge in [-0.25, -0.2) is 0 Å². The Morgan fingerprint density at radius 1 is 1.32 bits per heavy atom. The van der Waals surface area contributed by atoms with Crippen molar-refractivity contribution in [3.63, 3.8) is 0 Å². The van der Waals surface area contributed by atoms with Crippen LogP contribution in [-0.4, -0.2) is 35.5 Å². The monoisotopic (exact) mass is 370 g/mol. The van der Waals surface area contributed by atoms with Crippen molar-refractivity contribution in [3.05, 3.63) is 23.3 Å². The molecule has 22 heavy (non-hydrogen) atoms. The van der Waals surface area contributed by atoms with E-state index in [0.717, 1.165) is 37.9 Å². The number of carbonyl (C=O) groups is 1. The van der Waals surface area contributed by atoms with E-state index in [0.29, 0.717) is 18.1 Å². The maximum Gasteiger partial charge on any atom is 0.211 e. The highest BCUT2D eigenvalue weighted by Gasteiger charge is 2.25. The zero-order valence-electron chi connectivity index (χ0n) is 13.5. The van der Waals surface area contributed by atoms with E-state index in [2.05, 4.69) is 24.1 Å². The molecule has 5 heteroatoms. The van der Waals surface area contributed by atoms with Gasteiger partial charge >= 0.3 is 0 Å². The molecule has 0 bridgehead atoms. The smallest absolute Gasteiger partial charge is 0.211 e. The molecule has 0 saturated heterocycles. The van der Waals surface area contributed by atoms with E-state index >= 15 is 0 Å². The Bertz CT molecular complexity index is 488. The molecule has 2 N–H and O–H groups in total. The molecule has 124 valence electrons. The molecule has 1 atom stereocenters. The number of hydrogen-bond donors (Lipinski definition) is 2. The van der Waals surface area contributed by atoms with E-state index in [1.54, 1.807) is 6.07 Å². The van der Waals surface area contributed by atoms with Crippen molar-refractivity contribution in [1.82, 2.24) is 4.90 Å². The second-order valence-corrected chi connectivity index (χ2v) is 5.79. The largest absolute Gasteiger partial charge is 0.506 e. The van der Waals surface area contributed by atoms with E-state index in [1.165, 1.54) is 18.4 Å². The normalized spacial score (nSPS) is 16.8. The first-order valence-electron chi connectivity index (χ1n) is 7.99. The summed E-state index contributed by atoms with van der Waals surface area (Å²) in [5.41, 5.74) is 2.95. The van der Waals surface area contributed by atoms with Crippen LogP contribution in [0.3, 0.4) is 0 Å². The van der Waals surface area contributed by atoms with Gasteiger partial charge in [-0.1, -0.05) is 19.9 Å². The SMILES string of the molecule is Br.CCCN(CCC)C1CCc2c(ccc(O)c2NC=O)C1. The molecule has 1 aromatic carbocycles. The van der Waals surface area contributed by atoms with E-state index in [-0.39, 0.29) is 22.7 Å². The quantitative estimate of drug-likeness (QED) is 0.570. The number of nitrogens with zero attached hydrogens (tertiary/aromatic N) is 1. The van der Waals surface area contributed by atoms with Crippen molar-refractivity contribution < 1.29 is 9.90 Å². The molecule has 0 aliphatic heterocycles. The van der Waals surface area contributed by atoms with Gasteiger partial charge in [0.1, 0.15) is 5.75 Å². The number of anilines is 1. The van der Waals surface area contributed by atoms with Gasteiger partial charge in [0.15, 0.2) is 0 Å². The van der Waals surface area contributed by atoms with Gasteiger partial charge in [0.2, 0.25) is 6.41 Å². The molecule has 4 nitrogen and oxygen atoms in total. The third-order valence-corrected chi connectivity index (χ3v) is 4.31. The predicted octanol–water partition coefficient (Wildman–Crippen LogP) is 3.52. The van der Waals surface area contributed by atoms with Gasteiger partial charge in [0, 0.05) is 6.04 Å². The number of aromatic hydroxyl groups is 1. The highest BCUT2D eigenvalue weighted by atomic mass is 79.9. The molecule has 2 rings (SSSR count). The Hall–Kier alpha value is -1.07. The van der Waals surface area contributed by atoms with E-state index in [1.807, 2.05) is 6.07 Å². The molecular weight excluding hydrogens is 344 g/mol. The third kappa shape index (κ3) is 4.23. The van der Waals surface area contributed by atoms with Crippen LogP contribution in [-0.2, 0) is 17.6 Å². The number of nitrogens with one attached hydrogen (secondary N) is 1. The van der Waals surface area contributed by atoms with Gasteiger partial charge in [-0.3, -0.25) is 4.79 Å². The first-order valence-corrected chi connectivity index (χ1v) is 7.99. The Kier molecular flexibility index (Phi) is 7.90. The number of hydrogen-bond acceptors (Lipinski definition) is 3. The van der Waals surface area contributed by atoms with Crippen molar-refractivity contribution in [3.8, 4) is 5.75 Å². The van der Waals surface area contributed by atoms with Gasteiger partial charge in [0.25, 0.3) is 0 Å². The lowest BCUT2D eigenvalue weighted by Gasteiger charge is -2.35. The van der Waals surface area contributed by atoms with E-state index in [9.17, 15) is 9.90 Å². The topological polar surface area (TPSA) is 52.6 Å². The summed E-state index contributed by atoms with van der Waals surface area (Å²) in [4.78, 5) is 13.3. The predicted molar refractivity (Wildman–Crippen MR) is 96.1 cm³/mol. The first kappa shape index (κ1) is 19.0. The summed E-state index contributed by atoms with van der Waals surface area (Å²) in [6.45, 7) is 6.74. The summed E-state index contributed by atoms with van der Waals surface area (Å²) in [5.74, 6) is 0.165. The highest BCUT2D eigenvalue weighted by Crippen LogP contribution is 2.35. The maximum absolute atomic E-state index is 10.7. The Balaban J connectivity index is 0.00000242. The lowest BCUT2D eigenvalue weighted by atomic mass is 9.86. The Morgan fingerprint density at radius 2 is 2.00 bits per heavy atom. The summed E-state index contributed by atoms with van der Waals surface area (Å²) in [6, 6.07) is 4.27. The van der Waals surface area contributed by atoms with E-state index in [4.69, 9.17) is 0 Å². The van der Waals surface area contributed by atoms with Gasteiger partial charge in [-0.15, -0.1) is 17.0 Å². The number of carbonyl (C=O) groups excluding carboxylic acids is 1. The number of rotatable bonds is 7. The molecule has 0 fully saturated rings. The third-order valence-electron chi connectivity index (χ3n) is 4.31. The molecular formula is C17H27BrN2O2. The lowest BCUT2D eigenvalue weighted by Crippen LogP contribution is -2.40. The second kappa shape index (κ2) is 9.16. The summed E-state index contributed by atoms with van der Waals surface area (Å²) >= 11 is 0. The molecule has 1 aromatic rings. The van der Waals surface area contributed by atoms with Crippen molar-refractivity contribution in [2.45, 2.75) is 52.0 Å². The molecule has 1 aliphatic rings. The van der Waals surface area contributed by atoms with Crippen molar-refractivity contribution in [1.29, 1.82) is 0 Å². The number of amides is 1. The van der Waals surface area contributed by atoms with Crippen LogP contribution in [0.5, 0.6) is 5.75 Å². The molecule has 0 saturated carbocycles. The number of benzene rings is 1. The number of fused-ring (bicyclic) bond motifs is 1. The Morgan fingerprint density at radius 3 is 2.59 bits per heavy atom. The molecule has 0 spiro atoms. The maximum atomic E-state index is 10.7. The van der Waals surface area contributed by atoms with Gasteiger partial charge in [-0.05, 0) is 62.4 Å². The minimum Gasteiger partial charge on any atom is -0.506 e. The van der Waals surface area contributed by atoms with Crippen LogP contribution in [0.1, 0.15) is 44.2 Å². The molecule has 1 amide bonds. The van der Waals surface area contributed by atoms with Crippen LogP contribution in [0.15, 0.2) is 12.1 Å². The first-order chi connectivity index (χ1) is 10.2. The van der Waals surface area contributed by atoms with Crippen LogP contribution in [0.2, 0.25) is 0 Å². The van der Waals surface area contributed by atoms with Gasteiger partial charge in [-0.2, -0.15) is 0 Å². The molecule has 0 radical (unpaired) electrons. The lowest BCUT2D eigenvalue weighted by molar-refractivity contribution is -0.105. The standard InChI is InChI=1S/C17H26N2O2.BrH/c1-3-9-19(10-4-2)14-6-7-15-13(11-14)5-8-16(21)17(15)18-12-20;/h5,8,12,14,21H,3-4,6-7,9-11H2,1-2H3,(H,18,20);1H. The summed E-state index contributed by atoms with van der Waals surface area (Å²) < 4.78 is 0. The van der Waals surface area contributed by atoms with Crippen molar-refractivity contribution in [2.24, 2.45) is 0 Å². The van der Waals surface area contributed by atoms with Crippen LogP contribution < -0.4 is 5.32 Å². The van der Waals surface area contributed by atoms with Gasteiger partial charge < -0.3 is 15.3 Å². The summed E-state index contributed by atoms with van der Waals surface area (Å²) in [5, 5.41) is 12.6. The average molecular weight is 371 g/mol. The Labute approximate surface area is 143 Å². The van der Waals surface area contributed by atoms with Crippen LogP contribution in [0.4, 0.5) is 5.69 Å². The number of halogens is 1. The summed E-state index contributed by atoms with van der Waals surface area (Å²) in [6.07, 6.45) is 6.00. The molecule has 1 unspecified atom stereocenters. The molecule has 0 aromatic heterocycles. The number of phenolic OH excluding ortho intramolecular Hbond substituents is 1. The summed E-state index contributed by atoms with van der Waals surface area (Å²) in [7, 11) is 0. The van der Waals surface area contributed by atoms with Crippen LogP contribution >= 0.6 is 17.0 Å². The second-order valence-electron chi connectivity index (χ2n) is 5.79. The highest BCUT2D eigenvalue weighted by molar-refractivity contribution is 8.93. The van der Waals surface area contributed by atoms with E-state index < -0.39 is 0 Å². The minimum absolute atomic E-state index is 0. The van der Waals surface area contributed by atoms with Gasteiger partial charge in [0.05, 0.1) is 5.69 Å². The number of phenols is 1. The average Bonchev–Trinajstić information content (AvgIpc) is 2.49. The van der Waals surface area contributed by atoms with Crippen LogP contribution in [0.25, 0.3) is 0 Å². The van der Waals surface area contributed by atoms with Crippen molar-refractivity contribution in [2.75, 3.05) is 18.4 Å².